The second-order valence-electron chi connectivity index (χ2n) is 8.66. The molecule has 4 rings (SSSR count). The highest BCUT2D eigenvalue weighted by atomic mass is 16.3. The van der Waals surface area contributed by atoms with Gasteiger partial charge in [0.1, 0.15) is 5.75 Å². The first-order valence-electron chi connectivity index (χ1n) is 11.6. The largest absolute Gasteiger partial charge is 0.508 e. The summed E-state index contributed by atoms with van der Waals surface area (Å²) in [5.41, 5.74) is 3.73. The lowest BCUT2D eigenvalue weighted by atomic mass is 9.88. The zero-order chi connectivity index (χ0) is 22.2. The van der Waals surface area contributed by atoms with Gasteiger partial charge in [-0.1, -0.05) is 72.8 Å². The molecule has 166 valence electrons. The number of benzene rings is 3. The van der Waals surface area contributed by atoms with E-state index in [1.807, 2.05) is 12.1 Å². The lowest BCUT2D eigenvalue weighted by Gasteiger charge is -2.32. The second kappa shape index (κ2) is 11.0. The SMILES string of the molecule is O=C(NCc1ccc(O)cc1)C1CCN(CCC(c2ccccc2)c2ccccc2)CC1. The Balaban J connectivity index is 1.26. The van der Waals surface area contributed by atoms with Crippen molar-refractivity contribution >= 4 is 5.91 Å². The molecule has 0 spiro atoms. The fraction of sp³-hybridized carbons (Fsp3) is 0.321. The molecule has 0 aliphatic carbocycles. The molecule has 4 heteroatoms. The van der Waals surface area contributed by atoms with Gasteiger partial charge in [-0.2, -0.15) is 0 Å². The minimum absolute atomic E-state index is 0.0856. The highest BCUT2D eigenvalue weighted by Crippen LogP contribution is 2.29. The summed E-state index contributed by atoms with van der Waals surface area (Å²) in [4.78, 5) is 15.1. The molecule has 4 nitrogen and oxygen atoms in total. The lowest BCUT2D eigenvalue weighted by molar-refractivity contribution is -0.126. The Morgan fingerprint density at radius 2 is 1.44 bits per heavy atom. The molecule has 1 aliphatic heterocycles. The molecule has 1 amide bonds. The van der Waals surface area contributed by atoms with Crippen molar-refractivity contribution in [2.24, 2.45) is 5.92 Å². The Hall–Kier alpha value is -3.11. The summed E-state index contributed by atoms with van der Waals surface area (Å²) in [6, 6.07) is 28.5. The van der Waals surface area contributed by atoms with Gasteiger partial charge in [0.2, 0.25) is 5.91 Å². The molecule has 1 aliphatic rings. The minimum atomic E-state index is 0.0856. The van der Waals surface area contributed by atoms with Crippen molar-refractivity contribution in [3.05, 3.63) is 102 Å². The van der Waals surface area contributed by atoms with Crippen molar-refractivity contribution in [3.8, 4) is 5.75 Å². The van der Waals surface area contributed by atoms with E-state index in [4.69, 9.17) is 0 Å². The molecular formula is C28H32N2O2. The number of carbonyl (C=O) groups excluding carboxylic acids is 1. The van der Waals surface area contributed by atoms with Gasteiger partial charge in [-0.3, -0.25) is 4.79 Å². The van der Waals surface area contributed by atoms with Gasteiger partial charge in [-0.15, -0.1) is 0 Å². The van der Waals surface area contributed by atoms with Crippen LogP contribution >= 0.6 is 0 Å². The van der Waals surface area contributed by atoms with Gasteiger partial charge in [0.25, 0.3) is 0 Å². The summed E-state index contributed by atoms with van der Waals surface area (Å²) in [6.45, 7) is 3.48. The first kappa shape index (κ1) is 22.1. The Morgan fingerprint density at radius 1 is 0.875 bits per heavy atom. The number of nitrogens with zero attached hydrogens (tertiary/aromatic N) is 1. The number of phenols is 1. The number of likely N-dealkylation sites (tertiary alicyclic amines) is 1. The van der Waals surface area contributed by atoms with Crippen molar-refractivity contribution in [2.75, 3.05) is 19.6 Å². The van der Waals surface area contributed by atoms with Crippen LogP contribution in [-0.2, 0) is 11.3 Å². The van der Waals surface area contributed by atoms with Gasteiger partial charge in [-0.05, 0) is 67.7 Å². The molecule has 0 atom stereocenters. The fourth-order valence-electron chi connectivity index (χ4n) is 4.57. The third kappa shape index (κ3) is 5.98. The number of phenolic OH excluding ortho intramolecular Hbond substituents is 1. The minimum Gasteiger partial charge on any atom is -0.508 e. The van der Waals surface area contributed by atoms with Crippen molar-refractivity contribution in [3.63, 3.8) is 0 Å². The van der Waals surface area contributed by atoms with Crippen molar-refractivity contribution in [2.45, 2.75) is 31.7 Å². The third-order valence-electron chi connectivity index (χ3n) is 6.50. The Kier molecular flexibility index (Phi) is 7.57. The second-order valence-corrected chi connectivity index (χ2v) is 8.66. The number of hydrogen-bond donors (Lipinski definition) is 2. The molecule has 32 heavy (non-hydrogen) atoms. The molecule has 1 fully saturated rings. The number of amides is 1. The normalized spacial score (nSPS) is 15.0. The van der Waals surface area contributed by atoms with Gasteiger partial charge < -0.3 is 15.3 Å². The molecule has 3 aromatic rings. The van der Waals surface area contributed by atoms with Crippen molar-refractivity contribution in [1.29, 1.82) is 0 Å². The van der Waals surface area contributed by atoms with Crippen LogP contribution in [-0.4, -0.2) is 35.5 Å². The number of nitrogens with one attached hydrogen (secondary N) is 1. The Bertz CT molecular complexity index is 926. The van der Waals surface area contributed by atoms with Crippen LogP contribution in [0.3, 0.4) is 0 Å². The van der Waals surface area contributed by atoms with Gasteiger partial charge >= 0.3 is 0 Å². The predicted octanol–water partition coefficient (Wildman–Crippen LogP) is 4.94. The molecule has 2 N–H and O–H groups in total. The van der Waals surface area contributed by atoms with E-state index in [0.717, 1.165) is 44.5 Å². The van der Waals surface area contributed by atoms with E-state index in [2.05, 4.69) is 70.9 Å². The highest BCUT2D eigenvalue weighted by molar-refractivity contribution is 5.78. The number of carbonyl (C=O) groups is 1. The first-order valence-corrected chi connectivity index (χ1v) is 11.6. The Morgan fingerprint density at radius 3 is 2.00 bits per heavy atom. The highest BCUT2D eigenvalue weighted by Gasteiger charge is 2.25. The van der Waals surface area contributed by atoms with Gasteiger partial charge in [0.15, 0.2) is 0 Å². The van der Waals surface area contributed by atoms with E-state index in [0.29, 0.717) is 12.5 Å². The maximum Gasteiger partial charge on any atom is 0.223 e. The topological polar surface area (TPSA) is 52.6 Å². The molecule has 0 bridgehead atoms. The maximum absolute atomic E-state index is 12.6. The quantitative estimate of drug-likeness (QED) is 0.534. The molecule has 3 aromatic carbocycles. The number of aromatic hydroxyl groups is 1. The van der Waals surface area contributed by atoms with E-state index in [9.17, 15) is 9.90 Å². The lowest BCUT2D eigenvalue weighted by Crippen LogP contribution is -2.40. The Labute approximate surface area is 190 Å². The van der Waals surface area contributed by atoms with E-state index in [1.165, 1.54) is 11.1 Å². The number of hydrogen-bond acceptors (Lipinski definition) is 3. The van der Waals surface area contributed by atoms with E-state index >= 15 is 0 Å². The molecule has 0 unspecified atom stereocenters. The van der Waals surface area contributed by atoms with Crippen LogP contribution in [0.2, 0.25) is 0 Å². The van der Waals surface area contributed by atoms with Gasteiger partial charge in [0, 0.05) is 18.4 Å². The zero-order valence-corrected chi connectivity index (χ0v) is 18.5. The zero-order valence-electron chi connectivity index (χ0n) is 18.5. The molecule has 1 saturated heterocycles. The first-order chi connectivity index (χ1) is 15.7. The number of piperidine rings is 1. The summed E-state index contributed by atoms with van der Waals surface area (Å²) < 4.78 is 0. The fourth-order valence-corrected chi connectivity index (χ4v) is 4.57. The van der Waals surface area contributed by atoms with Crippen LogP contribution in [0.1, 0.15) is 41.9 Å². The average Bonchev–Trinajstić information content (AvgIpc) is 2.85. The monoisotopic (exact) mass is 428 g/mol. The standard InChI is InChI=1S/C28H32N2O2/c31-26-13-11-22(12-14-26)21-29-28(32)25-15-18-30(19-16-25)20-17-27(23-7-3-1-4-8-23)24-9-5-2-6-10-24/h1-14,25,27,31H,15-21H2,(H,29,32). The molecular weight excluding hydrogens is 396 g/mol. The van der Waals surface area contributed by atoms with Crippen LogP contribution in [0.15, 0.2) is 84.9 Å². The summed E-state index contributed by atoms with van der Waals surface area (Å²) in [7, 11) is 0. The maximum atomic E-state index is 12.6. The van der Waals surface area contributed by atoms with Crippen molar-refractivity contribution in [1.82, 2.24) is 10.2 Å². The third-order valence-corrected chi connectivity index (χ3v) is 6.50. The summed E-state index contributed by atoms with van der Waals surface area (Å²) in [6.07, 6.45) is 2.89. The molecule has 0 saturated carbocycles. The van der Waals surface area contributed by atoms with Crippen LogP contribution in [0, 0.1) is 5.92 Å². The van der Waals surface area contributed by atoms with E-state index < -0.39 is 0 Å². The summed E-state index contributed by atoms with van der Waals surface area (Å²) >= 11 is 0. The summed E-state index contributed by atoms with van der Waals surface area (Å²) in [5, 5.41) is 12.4. The predicted molar refractivity (Wildman–Crippen MR) is 128 cm³/mol. The molecule has 0 radical (unpaired) electrons. The van der Waals surface area contributed by atoms with Crippen LogP contribution < -0.4 is 5.32 Å². The molecule has 1 heterocycles. The van der Waals surface area contributed by atoms with E-state index in [1.54, 1.807) is 12.1 Å². The van der Waals surface area contributed by atoms with Crippen LogP contribution in [0.5, 0.6) is 5.75 Å². The van der Waals surface area contributed by atoms with E-state index in [-0.39, 0.29) is 17.6 Å². The number of rotatable bonds is 8. The summed E-state index contributed by atoms with van der Waals surface area (Å²) in [5.74, 6) is 0.865. The van der Waals surface area contributed by atoms with Crippen LogP contribution in [0.4, 0.5) is 0 Å². The van der Waals surface area contributed by atoms with Gasteiger partial charge in [0.05, 0.1) is 0 Å². The van der Waals surface area contributed by atoms with Crippen LogP contribution in [0.25, 0.3) is 0 Å². The smallest absolute Gasteiger partial charge is 0.223 e. The van der Waals surface area contributed by atoms with Gasteiger partial charge in [-0.25, -0.2) is 0 Å². The average molecular weight is 429 g/mol. The van der Waals surface area contributed by atoms with Crippen molar-refractivity contribution < 1.29 is 9.90 Å². The molecule has 0 aromatic heterocycles.